The highest BCUT2D eigenvalue weighted by Gasteiger charge is 2.59. The largest absolute Gasteiger partial charge is 0.393 e. The number of rotatable bonds is 4. The molecule has 0 amide bonds. The number of aliphatic hydroxyl groups excluding tert-OH is 3. The molecule has 0 bridgehead atoms. The first kappa shape index (κ1) is 21.7. The summed E-state index contributed by atoms with van der Waals surface area (Å²) in [4.78, 5) is 0. The molecule has 3 nitrogen and oxygen atoms in total. The smallest absolute Gasteiger partial charge is 0.0814 e. The van der Waals surface area contributed by atoms with E-state index < -0.39 is 12.2 Å². The van der Waals surface area contributed by atoms with Crippen LogP contribution in [0.25, 0.3) is 0 Å². The zero-order chi connectivity index (χ0) is 21.8. The summed E-state index contributed by atoms with van der Waals surface area (Å²) in [7, 11) is 0. The van der Waals surface area contributed by atoms with Gasteiger partial charge in [0.15, 0.2) is 0 Å². The maximum atomic E-state index is 11.2. The van der Waals surface area contributed by atoms with Crippen LogP contribution in [0.5, 0.6) is 0 Å². The average Bonchev–Trinajstić information content (AvgIpc) is 3.12. The van der Waals surface area contributed by atoms with E-state index in [1.54, 1.807) is 0 Å². The molecule has 9 atom stereocenters. The minimum atomic E-state index is -0.595. The third-order valence-electron chi connectivity index (χ3n) is 10.3. The average molecular weight is 425 g/mol. The van der Waals surface area contributed by atoms with Crippen LogP contribution in [0.2, 0.25) is 0 Å². The summed E-state index contributed by atoms with van der Waals surface area (Å²) in [6, 6.07) is 9.78. The molecular weight excluding hydrogens is 384 g/mol. The lowest BCUT2D eigenvalue weighted by molar-refractivity contribution is -0.0767. The van der Waals surface area contributed by atoms with Crippen molar-refractivity contribution in [2.75, 3.05) is 0 Å². The molecule has 31 heavy (non-hydrogen) atoms. The first-order valence-corrected chi connectivity index (χ1v) is 12.6. The number of benzene rings is 1. The van der Waals surface area contributed by atoms with Crippen LogP contribution in [0.15, 0.2) is 42.0 Å². The van der Waals surface area contributed by atoms with Crippen molar-refractivity contribution in [1.29, 1.82) is 0 Å². The van der Waals surface area contributed by atoms with Gasteiger partial charge in [-0.05, 0) is 91.4 Å². The third kappa shape index (κ3) is 3.52. The van der Waals surface area contributed by atoms with Crippen LogP contribution in [0.1, 0.15) is 83.3 Å². The second-order valence-corrected chi connectivity index (χ2v) is 11.6. The highest BCUT2D eigenvalue weighted by atomic mass is 16.3. The topological polar surface area (TPSA) is 60.7 Å². The first-order valence-electron chi connectivity index (χ1n) is 12.6. The van der Waals surface area contributed by atoms with E-state index in [4.69, 9.17) is 0 Å². The van der Waals surface area contributed by atoms with Crippen LogP contribution in [0, 0.1) is 34.5 Å². The number of aliphatic hydroxyl groups is 3. The lowest BCUT2D eigenvalue weighted by Crippen LogP contribution is -2.51. The van der Waals surface area contributed by atoms with Gasteiger partial charge in [0.1, 0.15) is 0 Å². The van der Waals surface area contributed by atoms with Gasteiger partial charge in [-0.3, -0.25) is 0 Å². The van der Waals surface area contributed by atoms with Gasteiger partial charge in [0.2, 0.25) is 0 Å². The number of hydrogen-bond donors (Lipinski definition) is 3. The molecule has 3 heteroatoms. The van der Waals surface area contributed by atoms with Crippen molar-refractivity contribution < 1.29 is 15.3 Å². The quantitative estimate of drug-likeness (QED) is 0.566. The van der Waals surface area contributed by atoms with Crippen LogP contribution in [-0.4, -0.2) is 27.5 Å². The Hall–Kier alpha value is -1.16. The van der Waals surface area contributed by atoms with E-state index in [2.05, 4.69) is 19.9 Å². The van der Waals surface area contributed by atoms with Gasteiger partial charge in [0.25, 0.3) is 0 Å². The molecule has 3 saturated carbocycles. The van der Waals surface area contributed by atoms with Crippen molar-refractivity contribution in [1.82, 2.24) is 0 Å². The summed E-state index contributed by atoms with van der Waals surface area (Å²) in [5.74, 6) is 2.38. The summed E-state index contributed by atoms with van der Waals surface area (Å²) in [6.07, 6.45) is 10.5. The minimum absolute atomic E-state index is 0.146. The van der Waals surface area contributed by atoms with Crippen LogP contribution in [-0.2, 0) is 0 Å². The van der Waals surface area contributed by atoms with Crippen LogP contribution in [0.4, 0.5) is 0 Å². The predicted octanol–water partition coefficient (Wildman–Crippen LogP) is 5.41. The monoisotopic (exact) mass is 424 g/mol. The summed E-state index contributed by atoms with van der Waals surface area (Å²) in [5, 5.41) is 32.2. The molecule has 0 aliphatic heterocycles. The van der Waals surface area contributed by atoms with Crippen molar-refractivity contribution in [3.8, 4) is 0 Å². The van der Waals surface area contributed by atoms with E-state index in [0.29, 0.717) is 18.3 Å². The summed E-state index contributed by atoms with van der Waals surface area (Å²) < 4.78 is 0. The van der Waals surface area contributed by atoms with Crippen molar-refractivity contribution in [3.05, 3.63) is 47.5 Å². The second kappa shape index (κ2) is 8.01. The fraction of sp³-hybridized carbons (Fsp3) is 0.714. The molecule has 0 spiro atoms. The highest BCUT2D eigenvalue weighted by Crippen LogP contribution is 2.66. The SMILES string of the molecule is C[C@]12CC[C@H]3[C@@H](CC=C4C[C@@H](O)CC[C@@]43C)[C@@H]1CC[C@@H]2C(O)CC(O)c1ccccc1. The van der Waals surface area contributed by atoms with Crippen LogP contribution < -0.4 is 0 Å². The minimum Gasteiger partial charge on any atom is -0.393 e. The Kier molecular flexibility index (Phi) is 5.60. The zero-order valence-electron chi connectivity index (χ0n) is 19.2. The Bertz CT molecular complexity index is 819. The molecule has 3 N–H and O–H groups in total. The van der Waals surface area contributed by atoms with Gasteiger partial charge in [-0.1, -0.05) is 55.8 Å². The summed E-state index contributed by atoms with van der Waals surface area (Å²) >= 11 is 0. The molecule has 0 heterocycles. The van der Waals surface area contributed by atoms with Gasteiger partial charge in [-0.2, -0.15) is 0 Å². The Morgan fingerprint density at radius 1 is 0.968 bits per heavy atom. The Morgan fingerprint density at radius 3 is 2.52 bits per heavy atom. The maximum absolute atomic E-state index is 11.2. The number of fused-ring (bicyclic) bond motifs is 5. The first-order chi connectivity index (χ1) is 14.8. The maximum Gasteiger partial charge on any atom is 0.0814 e. The van der Waals surface area contributed by atoms with E-state index in [1.165, 1.54) is 24.8 Å². The lowest BCUT2D eigenvalue weighted by Gasteiger charge is -2.58. The van der Waals surface area contributed by atoms with E-state index in [0.717, 1.165) is 43.6 Å². The molecule has 5 rings (SSSR count). The predicted molar refractivity (Wildman–Crippen MR) is 123 cm³/mol. The zero-order valence-corrected chi connectivity index (χ0v) is 19.2. The third-order valence-corrected chi connectivity index (χ3v) is 10.3. The molecular formula is C28H40O3. The van der Waals surface area contributed by atoms with Crippen molar-refractivity contribution in [2.24, 2.45) is 34.5 Å². The molecule has 3 fully saturated rings. The molecule has 1 aromatic rings. The normalized spacial score (nSPS) is 43.9. The summed E-state index contributed by atoms with van der Waals surface area (Å²) in [5.41, 5.74) is 2.87. The van der Waals surface area contributed by atoms with Gasteiger partial charge in [0, 0.05) is 6.42 Å². The van der Waals surface area contributed by atoms with Gasteiger partial charge >= 0.3 is 0 Å². The van der Waals surface area contributed by atoms with E-state index in [-0.39, 0.29) is 22.9 Å². The van der Waals surface area contributed by atoms with Crippen LogP contribution >= 0.6 is 0 Å². The van der Waals surface area contributed by atoms with Crippen molar-refractivity contribution >= 4 is 0 Å². The van der Waals surface area contributed by atoms with E-state index in [9.17, 15) is 15.3 Å². The molecule has 0 radical (unpaired) electrons. The fourth-order valence-corrected chi connectivity index (χ4v) is 8.52. The summed E-state index contributed by atoms with van der Waals surface area (Å²) in [6.45, 7) is 4.91. The molecule has 4 aliphatic carbocycles. The van der Waals surface area contributed by atoms with Gasteiger partial charge < -0.3 is 15.3 Å². The van der Waals surface area contributed by atoms with Crippen LogP contribution in [0.3, 0.4) is 0 Å². The Morgan fingerprint density at radius 2 is 1.74 bits per heavy atom. The highest BCUT2D eigenvalue weighted by molar-refractivity contribution is 5.25. The van der Waals surface area contributed by atoms with Gasteiger partial charge in [-0.25, -0.2) is 0 Å². The lowest BCUT2D eigenvalue weighted by atomic mass is 9.47. The van der Waals surface area contributed by atoms with E-state index >= 15 is 0 Å². The standard InChI is InChI=1S/C28H40O3/c1-27-14-12-20(29)16-19(27)8-9-21-22-10-11-24(28(22,2)15-13-23(21)27)26(31)17-25(30)18-6-4-3-5-7-18/h3-8,20-26,29-31H,9-17H2,1-2H3/t20-,21-,22-,23-,24+,25?,26?,27-,28-/m0/s1. The second-order valence-electron chi connectivity index (χ2n) is 11.6. The number of allylic oxidation sites excluding steroid dienone is 1. The fourth-order valence-electron chi connectivity index (χ4n) is 8.52. The molecule has 2 unspecified atom stereocenters. The molecule has 0 saturated heterocycles. The molecule has 4 aliphatic rings. The molecule has 0 aromatic heterocycles. The van der Waals surface area contributed by atoms with Crippen molar-refractivity contribution in [3.63, 3.8) is 0 Å². The van der Waals surface area contributed by atoms with Crippen molar-refractivity contribution in [2.45, 2.75) is 89.9 Å². The Balaban J connectivity index is 1.33. The number of hydrogen-bond acceptors (Lipinski definition) is 3. The Labute approximate surface area is 187 Å². The van der Waals surface area contributed by atoms with Gasteiger partial charge in [0.05, 0.1) is 18.3 Å². The van der Waals surface area contributed by atoms with E-state index in [1.807, 2.05) is 30.3 Å². The van der Waals surface area contributed by atoms with Gasteiger partial charge in [-0.15, -0.1) is 0 Å². The molecule has 1 aromatic carbocycles. The molecule has 170 valence electrons.